The molecule has 1 aromatic heterocycles. The molecule has 0 aliphatic carbocycles. The summed E-state index contributed by atoms with van der Waals surface area (Å²) in [6.07, 6.45) is 7.90. The molecule has 0 radical (unpaired) electrons. The second kappa shape index (κ2) is 4.70. The van der Waals surface area contributed by atoms with Gasteiger partial charge in [-0.3, -0.25) is 4.98 Å². The highest BCUT2D eigenvalue weighted by molar-refractivity contribution is 5.08. The topological polar surface area (TPSA) is 34.1 Å². The second-order valence-electron chi connectivity index (χ2n) is 5.05. The number of halogens is 1. The summed E-state index contributed by atoms with van der Waals surface area (Å²) in [6.45, 7) is 0.467. The molecule has 2 saturated heterocycles. The number of rotatable bonds is 3. The van der Waals surface area contributed by atoms with Gasteiger partial charge in [-0.2, -0.15) is 0 Å². The van der Waals surface area contributed by atoms with Gasteiger partial charge >= 0.3 is 0 Å². The first-order valence-electron chi connectivity index (χ1n) is 6.26. The Morgan fingerprint density at radius 2 is 2.06 bits per heavy atom. The Morgan fingerprint density at radius 3 is 2.76 bits per heavy atom. The van der Waals surface area contributed by atoms with Crippen molar-refractivity contribution >= 4 is 0 Å². The minimum atomic E-state index is -0.295. The van der Waals surface area contributed by atoms with Crippen molar-refractivity contribution in [3.63, 3.8) is 0 Å². The summed E-state index contributed by atoms with van der Waals surface area (Å²) in [5, 5.41) is 3.58. The van der Waals surface area contributed by atoms with Crippen molar-refractivity contribution in [2.45, 2.75) is 50.5 Å². The van der Waals surface area contributed by atoms with Crippen LogP contribution in [0.25, 0.3) is 0 Å². The molecule has 2 bridgehead atoms. The average molecular weight is 236 g/mol. The normalized spacial score (nSPS) is 31.7. The Hall–Kier alpha value is -1.00. The number of nitrogens with zero attached hydrogens (tertiary/aromatic N) is 1. The Balaban J connectivity index is 1.54. The van der Waals surface area contributed by atoms with Gasteiger partial charge in [0.05, 0.1) is 18.9 Å². The third kappa shape index (κ3) is 2.64. The fraction of sp³-hybridized carbons (Fsp3) is 0.615. The first-order valence-corrected chi connectivity index (χ1v) is 6.26. The van der Waals surface area contributed by atoms with Gasteiger partial charge in [0.15, 0.2) is 0 Å². The molecular formula is C13H17FN2O. The zero-order chi connectivity index (χ0) is 11.7. The van der Waals surface area contributed by atoms with E-state index in [9.17, 15) is 4.39 Å². The van der Waals surface area contributed by atoms with E-state index in [0.29, 0.717) is 24.8 Å². The number of nitrogens with one attached hydrogen (secondary N) is 1. The number of fused-ring (bicyclic) bond motifs is 2. The number of pyridine rings is 1. The summed E-state index contributed by atoms with van der Waals surface area (Å²) >= 11 is 0. The Labute approximate surface area is 100 Å². The van der Waals surface area contributed by atoms with Crippen molar-refractivity contribution in [1.82, 2.24) is 10.3 Å². The van der Waals surface area contributed by atoms with Gasteiger partial charge in [0.2, 0.25) is 0 Å². The molecule has 2 fully saturated rings. The first kappa shape index (κ1) is 11.1. The van der Waals surface area contributed by atoms with E-state index in [1.54, 1.807) is 6.20 Å². The molecule has 0 saturated carbocycles. The van der Waals surface area contributed by atoms with Crippen LogP contribution in [0, 0.1) is 5.82 Å². The molecule has 4 heteroatoms. The second-order valence-corrected chi connectivity index (χ2v) is 5.05. The highest BCUT2D eigenvalue weighted by atomic mass is 19.1. The lowest BCUT2D eigenvalue weighted by Gasteiger charge is -2.29. The predicted molar refractivity (Wildman–Crippen MR) is 62.0 cm³/mol. The van der Waals surface area contributed by atoms with E-state index < -0.39 is 0 Å². The summed E-state index contributed by atoms with van der Waals surface area (Å²) in [5.74, 6) is -0.295. The van der Waals surface area contributed by atoms with Crippen LogP contribution in [0.3, 0.4) is 0 Å². The standard InChI is InChI=1S/C13H17FN2O/c14-10-3-9(6-15-7-10)8-17-13-4-11-1-2-12(5-13)16-11/h3,6-7,11-13,16H,1-2,4-5,8H2. The SMILES string of the molecule is Fc1cncc(COC2CC3CCC(C2)N3)c1. The Bertz CT molecular complexity index is 387. The third-order valence-corrected chi connectivity index (χ3v) is 3.68. The van der Waals surface area contributed by atoms with E-state index in [4.69, 9.17) is 4.74 Å². The van der Waals surface area contributed by atoms with Gasteiger partial charge in [-0.25, -0.2) is 4.39 Å². The Morgan fingerprint density at radius 1 is 1.29 bits per heavy atom. The van der Waals surface area contributed by atoms with Crippen LogP contribution >= 0.6 is 0 Å². The third-order valence-electron chi connectivity index (χ3n) is 3.68. The quantitative estimate of drug-likeness (QED) is 0.871. The number of hydrogen-bond donors (Lipinski definition) is 1. The van der Waals surface area contributed by atoms with E-state index in [0.717, 1.165) is 18.4 Å². The molecule has 1 N–H and O–H groups in total. The fourth-order valence-corrected chi connectivity index (χ4v) is 2.89. The number of ether oxygens (including phenoxy) is 1. The van der Waals surface area contributed by atoms with Gasteiger partial charge in [0, 0.05) is 18.3 Å². The van der Waals surface area contributed by atoms with E-state index in [2.05, 4.69) is 10.3 Å². The molecule has 2 aliphatic rings. The first-order chi connectivity index (χ1) is 8.29. The largest absolute Gasteiger partial charge is 0.373 e. The van der Waals surface area contributed by atoms with E-state index >= 15 is 0 Å². The van der Waals surface area contributed by atoms with Crippen molar-refractivity contribution < 1.29 is 9.13 Å². The lowest BCUT2D eigenvalue weighted by Crippen LogP contribution is -2.41. The summed E-state index contributed by atoms with van der Waals surface area (Å²) in [4.78, 5) is 3.82. The number of aromatic nitrogens is 1. The zero-order valence-electron chi connectivity index (χ0n) is 9.73. The van der Waals surface area contributed by atoms with E-state index in [1.165, 1.54) is 25.1 Å². The van der Waals surface area contributed by atoms with Crippen LogP contribution in [0.1, 0.15) is 31.2 Å². The number of hydrogen-bond acceptors (Lipinski definition) is 3. The lowest BCUT2D eigenvalue weighted by molar-refractivity contribution is 0.00895. The molecule has 3 nitrogen and oxygen atoms in total. The van der Waals surface area contributed by atoms with E-state index in [1.807, 2.05) is 0 Å². The smallest absolute Gasteiger partial charge is 0.141 e. The number of piperidine rings is 1. The molecule has 2 aliphatic heterocycles. The van der Waals surface area contributed by atoms with Crippen molar-refractivity contribution in [2.75, 3.05) is 0 Å². The molecule has 2 atom stereocenters. The predicted octanol–water partition coefficient (Wildman–Crippen LogP) is 2.02. The van der Waals surface area contributed by atoms with Crippen molar-refractivity contribution in [1.29, 1.82) is 0 Å². The maximum atomic E-state index is 12.9. The fourth-order valence-electron chi connectivity index (χ4n) is 2.89. The Kier molecular flexibility index (Phi) is 3.07. The monoisotopic (exact) mass is 236 g/mol. The van der Waals surface area contributed by atoms with E-state index in [-0.39, 0.29) is 5.82 Å². The van der Waals surface area contributed by atoms with Crippen LogP contribution in [0.4, 0.5) is 4.39 Å². The van der Waals surface area contributed by atoms with Crippen molar-refractivity contribution in [3.8, 4) is 0 Å². The maximum Gasteiger partial charge on any atom is 0.141 e. The molecule has 2 unspecified atom stereocenters. The van der Waals surface area contributed by atoms with Crippen LogP contribution in [-0.2, 0) is 11.3 Å². The van der Waals surface area contributed by atoms with Gasteiger partial charge in [-0.15, -0.1) is 0 Å². The molecule has 0 amide bonds. The highest BCUT2D eigenvalue weighted by Crippen LogP contribution is 2.28. The molecule has 3 heterocycles. The van der Waals surface area contributed by atoms with Crippen molar-refractivity contribution in [2.24, 2.45) is 0 Å². The van der Waals surface area contributed by atoms with Crippen LogP contribution in [-0.4, -0.2) is 23.2 Å². The molecule has 1 aromatic rings. The minimum absolute atomic E-state index is 0.295. The molecule has 0 aromatic carbocycles. The molecule has 92 valence electrons. The van der Waals surface area contributed by atoms with Crippen LogP contribution < -0.4 is 5.32 Å². The van der Waals surface area contributed by atoms with Gasteiger partial charge in [0.25, 0.3) is 0 Å². The average Bonchev–Trinajstić information content (AvgIpc) is 2.66. The van der Waals surface area contributed by atoms with Crippen LogP contribution in [0.15, 0.2) is 18.5 Å². The zero-order valence-corrected chi connectivity index (χ0v) is 9.73. The summed E-state index contributed by atoms with van der Waals surface area (Å²) in [6, 6.07) is 2.75. The lowest BCUT2D eigenvalue weighted by atomic mass is 10.0. The summed E-state index contributed by atoms with van der Waals surface area (Å²) < 4.78 is 18.8. The summed E-state index contributed by atoms with van der Waals surface area (Å²) in [7, 11) is 0. The molecular weight excluding hydrogens is 219 g/mol. The summed E-state index contributed by atoms with van der Waals surface area (Å²) in [5.41, 5.74) is 0.816. The van der Waals surface area contributed by atoms with Gasteiger partial charge in [-0.1, -0.05) is 0 Å². The van der Waals surface area contributed by atoms with Gasteiger partial charge in [0.1, 0.15) is 5.82 Å². The molecule has 0 spiro atoms. The molecule has 17 heavy (non-hydrogen) atoms. The van der Waals surface area contributed by atoms with Crippen LogP contribution in [0.5, 0.6) is 0 Å². The molecule has 3 rings (SSSR count). The van der Waals surface area contributed by atoms with Gasteiger partial charge in [-0.05, 0) is 37.3 Å². The van der Waals surface area contributed by atoms with Gasteiger partial charge < -0.3 is 10.1 Å². The van der Waals surface area contributed by atoms with Crippen molar-refractivity contribution in [3.05, 3.63) is 29.8 Å². The minimum Gasteiger partial charge on any atom is -0.373 e. The highest BCUT2D eigenvalue weighted by Gasteiger charge is 2.33. The van der Waals surface area contributed by atoms with Crippen LogP contribution in [0.2, 0.25) is 0 Å². The maximum absolute atomic E-state index is 12.9.